The highest BCUT2D eigenvalue weighted by Gasteiger charge is 2.25. The molecule has 9 nitrogen and oxygen atoms in total. The van der Waals surface area contributed by atoms with Crippen molar-refractivity contribution in [3.05, 3.63) is 53.6 Å². The summed E-state index contributed by atoms with van der Waals surface area (Å²) in [6.45, 7) is 3.98. The summed E-state index contributed by atoms with van der Waals surface area (Å²) < 4.78 is 55.2. The Labute approximate surface area is 195 Å². The molecule has 0 bridgehead atoms. The predicted molar refractivity (Wildman–Crippen MR) is 126 cm³/mol. The number of hydrogen-bond donors (Lipinski definition) is 1. The highest BCUT2D eigenvalue weighted by atomic mass is 32.2. The van der Waals surface area contributed by atoms with Gasteiger partial charge in [-0.15, -0.1) is 0 Å². The molecular weight excluding hydrogens is 466 g/mol. The number of rotatable bonds is 7. The maximum Gasteiger partial charge on any atom is 0.253 e. The second kappa shape index (κ2) is 9.80. The smallest absolute Gasteiger partial charge is 0.253 e. The largest absolute Gasteiger partial charge is 0.378 e. The van der Waals surface area contributed by atoms with Gasteiger partial charge in [0.25, 0.3) is 5.91 Å². The van der Waals surface area contributed by atoms with Crippen molar-refractivity contribution in [2.75, 3.05) is 51.6 Å². The van der Waals surface area contributed by atoms with Gasteiger partial charge in [-0.05, 0) is 42.8 Å². The molecule has 1 atom stereocenters. The number of nitrogens with one attached hydrogen (secondary N) is 1. The molecule has 1 aliphatic rings. The Morgan fingerprint density at radius 3 is 2.12 bits per heavy atom. The molecule has 0 aliphatic carbocycles. The molecule has 1 saturated heterocycles. The lowest BCUT2D eigenvalue weighted by Crippen LogP contribution is -2.38. The van der Waals surface area contributed by atoms with Crippen LogP contribution in [0.5, 0.6) is 0 Å². The molecule has 1 fully saturated rings. The minimum Gasteiger partial charge on any atom is -0.378 e. The monoisotopic (exact) mass is 495 g/mol. The lowest BCUT2D eigenvalue weighted by molar-refractivity contribution is 0.0938. The summed E-state index contributed by atoms with van der Waals surface area (Å²) in [6, 6.07) is 10.4. The summed E-state index contributed by atoms with van der Waals surface area (Å²) >= 11 is 0. The number of benzene rings is 2. The number of sulfone groups is 1. The van der Waals surface area contributed by atoms with Gasteiger partial charge in [0.15, 0.2) is 9.84 Å². The summed E-state index contributed by atoms with van der Waals surface area (Å²) in [5.41, 5.74) is 1.60. The molecule has 1 heterocycles. The Balaban J connectivity index is 1.93. The van der Waals surface area contributed by atoms with Gasteiger partial charge in [0.05, 0.1) is 34.6 Å². The number of anilines is 1. The van der Waals surface area contributed by atoms with Gasteiger partial charge in [-0.25, -0.2) is 21.1 Å². The summed E-state index contributed by atoms with van der Waals surface area (Å²) in [7, 11) is -4.17. The summed E-state index contributed by atoms with van der Waals surface area (Å²) in [4.78, 5) is 15.5. The molecule has 0 saturated carbocycles. The van der Waals surface area contributed by atoms with Crippen LogP contribution in [-0.2, 0) is 24.6 Å². The minimum absolute atomic E-state index is 0.0276. The number of nitrogens with zero attached hydrogens (tertiary/aromatic N) is 2. The molecule has 2 aromatic carbocycles. The van der Waals surface area contributed by atoms with Crippen LogP contribution in [0.2, 0.25) is 0 Å². The molecule has 1 unspecified atom stereocenters. The summed E-state index contributed by atoms with van der Waals surface area (Å²) in [6.07, 6.45) is 1.13. The third-order valence-electron chi connectivity index (χ3n) is 5.50. The van der Waals surface area contributed by atoms with Gasteiger partial charge in [0.2, 0.25) is 10.0 Å². The lowest BCUT2D eigenvalue weighted by atomic mass is 10.1. The first-order chi connectivity index (χ1) is 15.4. The number of hydrogen-bond acceptors (Lipinski definition) is 7. The van der Waals surface area contributed by atoms with Gasteiger partial charge < -0.3 is 15.0 Å². The fraction of sp³-hybridized carbons (Fsp3) is 0.409. The molecule has 3 rings (SSSR count). The lowest BCUT2D eigenvalue weighted by Gasteiger charge is -2.31. The molecule has 11 heteroatoms. The van der Waals surface area contributed by atoms with E-state index in [0.717, 1.165) is 16.1 Å². The zero-order valence-electron chi connectivity index (χ0n) is 19.1. The standard InChI is InChI=1S/C22H29N3O6S2/c1-16(17-5-7-18(8-6-17)32(4,27)28)23-22(26)20-15-19(33(29,30)24(2)3)9-10-21(20)25-11-13-31-14-12-25/h5-10,15-16H,11-14H2,1-4H3,(H,23,26). The van der Waals surface area contributed by atoms with Crippen LogP contribution in [0.15, 0.2) is 52.3 Å². The zero-order chi connectivity index (χ0) is 24.4. The quantitative estimate of drug-likeness (QED) is 0.622. The molecule has 2 aromatic rings. The van der Waals surface area contributed by atoms with E-state index in [2.05, 4.69) is 5.32 Å². The Morgan fingerprint density at radius 1 is 1.00 bits per heavy atom. The number of sulfonamides is 1. The first-order valence-electron chi connectivity index (χ1n) is 10.4. The second-order valence-corrected chi connectivity index (χ2v) is 12.3. The van der Waals surface area contributed by atoms with Crippen molar-refractivity contribution in [1.29, 1.82) is 0 Å². The van der Waals surface area contributed by atoms with Crippen molar-refractivity contribution in [2.45, 2.75) is 22.8 Å². The molecule has 0 spiro atoms. The average molecular weight is 496 g/mol. The zero-order valence-corrected chi connectivity index (χ0v) is 20.7. The van der Waals surface area contributed by atoms with Gasteiger partial charge in [-0.3, -0.25) is 4.79 Å². The van der Waals surface area contributed by atoms with Crippen LogP contribution >= 0.6 is 0 Å². The minimum atomic E-state index is -3.73. The van der Waals surface area contributed by atoms with Crippen molar-refractivity contribution in [2.24, 2.45) is 0 Å². The molecular formula is C22H29N3O6S2. The number of morpholine rings is 1. The van der Waals surface area contributed by atoms with E-state index in [1.807, 2.05) is 4.90 Å². The van der Waals surface area contributed by atoms with Crippen molar-refractivity contribution in [1.82, 2.24) is 9.62 Å². The Bertz CT molecular complexity index is 1220. The van der Waals surface area contributed by atoms with Gasteiger partial charge >= 0.3 is 0 Å². The van der Waals surface area contributed by atoms with Gasteiger partial charge in [-0.2, -0.15) is 0 Å². The van der Waals surface area contributed by atoms with E-state index in [9.17, 15) is 21.6 Å². The van der Waals surface area contributed by atoms with Crippen LogP contribution in [0.3, 0.4) is 0 Å². The van der Waals surface area contributed by atoms with Crippen molar-refractivity contribution >= 4 is 31.5 Å². The van der Waals surface area contributed by atoms with Crippen LogP contribution in [0.25, 0.3) is 0 Å². The number of ether oxygens (including phenoxy) is 1. The SMILES string of the molecule is CC(NC(=O)c1cc(S(=O)(=O)N(C)C)ccc1N1CCOCC1)c1ccc(S(C)(=O)=O)cc1. The fourth-order valence-electron chi connectivity index (χ4n) is 3.51. The van der Waals surface area contributed by atoms with Crippen molar-refractivity contribution < 1.29 is 26.4 Å². The summed E-state index contributed by atoms with van der Waals surface area (Å²) in [5.74, 6) is -0.424. The van der Waals surface area contributed by atoms with Crippen LogP contribution in [0.4, 0.5) is 5.69 Å². The second-order valence-electron chi connectivity index (χ2n) is 8.10. The summed E-state index contributed by atoms with van der Waals surface area (Å²) in [5, 5.41) is 2.90. The van der Waals surface area contributed by atoms with E-state index in [-0.39, 0.29) is 15.4 Å². The van der Waals surface area contributed by atoms with E-state index >= 15 is 0 Å². The molecule has 1 amide bonds. The highest BCUT2D eigenvalue weighted by molar-refractivity contribution is 7.90. The van der Waals surface area contributed by atoms with E-state index in [0.29, 0.717) is 32.0 Å². The Hall–Kier alpha value is -2.47. The highest BCUT2D eigenvalue weighted by Crippen LogP contribution is 2.27. The average Bonchev–Trinajstić information content (AvgIpc) is 2.78. The maximum atomic E-state index is 13.3. The topological polar surface area (TPSA) is 113 Å². The van der Waals surface area contributed by atoms with Gasteiger partial charge in [0.1, 0.15) is 0 Å². The normalized spacial score (nSPS) is 16.0. The van der Waals surface area contributed by atoms with Crippen molar-refractivity contribution in [3.8, 4) is 0 Å². The van der Waals surface area contributed by atoms with Crippen LogP contribution in [0.1, 0.15) is 28.9 Å². The van der Waals surface area contributed by atoms with E-state index < -0.39 is 31.8 Å². The van der Waals surface area contributed by atoms with E-state index in [4.69, 9.17) is 4.74 Å². The predicted octanol–water partition coefficient (Wildman–Crippen LogP) is 1.67. The van der Waals surface area contributed by atoms with Gasteiger partial charge in [0, 0.05) is 39.1 Å². The third-order valence-corrected chi connectivity index (χ3v) is 8.44. The molecule has 0 radical (unpaired) electrons. The molecule has 0 aromatic heterocycles. The third kappa shape index (κ3) is 5.72. The van der Waals surface area contributed by atoms with E-state index in [1.54, 1.807) is 25.1 Å². The molecule has 1 aliphatic heterocycles. The Morgan fingerprint density at radius 2 is 1.58 bits per heavy atom. The van der Waals surface area contributed by atoms with Gasteiger partial charge in [-0.1, -0.05) is 12.1 Å². The molecule has 1 N–H and O–H groups in total. The van der Waals surface area contributed by atoms with Crippen molar-refractivity contribution in [3.63, 3.8) is 0 Å². The van der Waals surface area contributed by atoms with E-state index in [1.165, 1.54) is 38.4 Å². The first-order valence-corrected chi connectivity index (χ1v) is 13.7. The number of carbonyl (C=O) groups excluding carboxylic acids is 1. The number of amides is 1. The Kier molecular flexibility index (Phi) is 7.47. The number of carbonyl (C=O) groups is 1. The van der Waals surface area contributed by atoms with Crippen LogP contribution < -0.4 is 10.2 Å². The first kappa shape index (κ1) is 25.2. The van der Waals surface area contributed by atoms with Crippen LogP contribution in [-0.4, -0.2) is 73.7 Å². The molecule has 33 heavy (non-hydrogen) atoms. The maximum absolute atomic E-state index is 13.3. The molecule has 180 valence electrons. The fourth-order valence-corrected chi connectivity index (χ4v) is 5.07. The van der Waals surface area contributed by atoms with Crippen LogP contribution in [0, 0.1) is 0 Å².